The van der Waals surface area contributed by atoms with E-state index in [-0.39, 0.29) is 0 Å². The molecule has 0 saturated carbocycles. The number of aryl methyl sites for hydroxylation is 1. The van der Waals surface area contributed by atoms with Gasteiger partial charge in [-0.2, -0.15) is 0 Å². The van der Waals surface area contributed by atoms with Crippen molar-refractivity contribution in [2.24, 2.45) is 5.92 Å². The minimum absolute atomic E-state index is 0.361. The van der Waals surface area contributed by atoms with Crippen molar-refractivity contribution in [2.75, 3.05) is 0 Å². The zero-order valence-corrected chi connectivity index (χ0v) is 9.35. The molecule has 0 atom stereocenters. The van der Waals surface area contributed by atoms with Gasteiger partial charge in [0.1, 0.15) is 11.5 Å². The number of aliphatic carboxylic acids is 2. The summed E-state index contributed by atoms with van der Waals surface area (Å²) in [5.41, 5.74) is -1.09. The second-order valence-electron chi connectivity index (χ2n) is 4.24. The van der Waals surface area contributed by atoms with E-state index in [1.54, 1.807) is 19.1 Å². The van der Waals surface area contributed by atoms with Gasteiger partial charge < -0.3 is 14.6 Å². The summed E-state index contributed by atoms with van der Waals surface area (Å²) in [6, 6.07) is 3.28. The number of furan rings is 1. The molecule has 2 N–H and O–H groups in total. The van der Waals surface area contributed by atoms with Crippen LogP contribution in [0.3, 0.4) is 0 Å². The smallest absolute Gasteiger partial charge is 0.318 e. The third kappa shape index (κ3) is 2.08. The van der Waals surface area contributed by atoms with Crippen molar-refractivity contribution in [3.05, 3.63) is 23.7 Å². The first-order valence-electron chi connectivity index (χ1n) is 4.79. The molecule has 88 valence electrons. The number of carbonyl (C=O) groups is 2. The topological polar surface area (TPSA) is 87.7 Å². The minimum Gasteiger partial charge on any atom is -0.481 e. The quantitative estimate of drug-likeness (QED) is 0.762. The first-order chi connectivity index (χ1) is 7.26. The number of carboxylic acid groups (broad SMARTS) is 2. The lowest BCUT2D eigenvalue weighted by Crippen LogP contribution is -2.40. The number of hydrogen-bond donors (Lipinski definition) is 2. The summed E-state index contributed by atoms with van der Waals surface area (Å²) in [5.74, 6) is -3.28. The molecule has 0 aliphatic heterocycles. The molecule has 0 bridgehead atoms. The molecule has 1 heterocycles. The Kier molecular flexibility index (Phi) is 3.07. The predicted octanol–water partition coefficient (Wildman–Crippen LogP) is 1.65. The zero-order chi connectivity index (χ0) is 12.5. The van der Waals surface area contributed by atoms with E-state index in [1.165, 1.54) is 13.8 Å². The van der Waals surface area contributed by atoms with Gasteiger partial charge in [0.05, 0.1) is 0 Å². The predicted molar refractivity (Wildman–Crippen MR) is 55.2 cm³/mol. The number of carboxylic acids is 2. The summed E-state index contributed by atoms with van der Waals surface area (Å²) in [4.78, 5) is 21.9. The van der Waals surface area contributed by atoms with Crippen LogP contribution in [-0.4, -0.2) is 22.2 Å². The lowest BCUT2D eigenvalue weighted by Gasteiger charge is -2.26. The standard InChI is InChI=1S/C11H14O5/c1-6-4-5-7(16-6)11(2,3)8(9(12)13)10(14)15/h4-5,8H,1-3H3,(H,12,13)(H,14,15). The summed E-state index contributed by atoms with van der Waals surface area (Å²) in [5, 5.41) is 17.8. The monoisotopic (exact) mass is 226 g/mol. The molecule has 5 heteroatoms. The third-order valence-corrected chi connectivity index (χ3v) is 2.59. The van der Waals surface area contributed by atoms with Gasteiger partial charge in [-0.15, -0.1) is 0 Å². The Morgan fingerprint density at radius 1 is 1.25 bits per heavy atom. The van der Waals surface area contributed by atoms with Crippen LogP contribution in [0.1, 0.15) is 25.4 Å². The maximum absolute atomic E-state index is 10.9. The Hall–Kier alpha value is -1.78. The van der Waals surface area contributed by atoms with Crippen molar-refractivity contribution in [3.8, 4) is 0 Å². The maximum atomic E-state index is 10.9. The van der Waals surface area contributed by atoms with Gasteiger partial charge in [0.2, 0.25) is 0 Å². The average Bonchev–Trinajstić information content (AvgIpc) is 2.49. The fourth-order valence-electron chi connectivity index (χ4n) is 1.65. The molecule has 0 radical (unpaired) electrons. The first kappa shape index (κ1) is 12.3. The Bertz CT molecular complexity index is 402. The summed E-state index contributed by atoms with van der Waals surface area (Å²) in [6.45, 7) is 4.80. The third-order valence-electron chi connectivity index (χ3n) is 2.59. The van der Waals surface area contributed by atoms with E-state index in [0.29, 0.717) is 11.5 Å². The minimum atomic E-state index is -1.53. The van der Waals surface area contributed by atoms with E-state index < -0.39 is 23.3 Å². The lowest BCUT2D eigenvalue weighted by molar-refractivity contribution is -0.158. The van der Waals surface area contributed by atoms with Gasteiger partial charge >= 0.3 is 11.9 Å². The lowest BCUT2D eigenvalue weighted by atomic mass is 9.77. The summed E-state index contributed by atoms with van der Waals surface area (Å²) in [6.07, 6.45) is 0. The van der Waals surface area contributed by atoms with Gasteiger partial charge in [-0.1, -0.05) is 13.8 Å². The van der Waals surface area contributed by atoms with Crippen LogP contribution in [0.15, 0.2) is 16.5 Å². The SMILES string of the molecule is Cc1ccc(C(C)(C)C(C(=O)O)C(=O)O)o1. The molecule has 0 aliphatic rings. The molecular weight excluding hydrogens is 212 g/mol. The van der Waals surface area contributed by atoms with Crippen molar-refractivity contribution in [2.45, 2.75) is 26.2 Å². The highest BCUT2D eigenvalue weighted by Gasteiger charge is 2.44. The van der Waals surface area contributed by atoms with Crippen LogP contribution >= 0.6 is 0 Å². The molecule has 1 aromatic rings. The van der Waals surface area contributed by atoms with E-state index in [2.05, 4.69) is 0 Å². The van der Waals surface area contributed by atoms with Crippen LogP contribution in [0.2, 0.25) is 0 Å². The van der Waals surface area contributed by atoms with E-state index >= 15 is 0 Å². The van der Waals surface area contributed by atoms with Gasteiger partial charge in [-0.25, -0.2) is 0 Å². The van der Waals surface area contributed by atoms with Crippen LogP contribution in [0.5, 0.6) is 0 Å². The van der Waals surface area contributed by atoms with Crippen LogP contribution in [0.4, 0.5) is 0 Å². The Balaban J connectivity index is 3.17. The Morgan fingerprint density at radius 3 is 2.06 bits per heavy atom. The highest BCUT2D eigenvalue weighted by Crippen LogP contribution is 2.33. The van der Waals surface area contributed by atoms with Crippen LogP contribution in [0.25, 0.3) is 0 Å². The maximum Gasteiger partial charge on any atom is 0.318 e. The van der Waals surface area contributed by atoms with Gasteiger partial charge in [-0.05, 0) is 19.1 Å². The molecular formula is C11H14O5. The molecule has 0 unspecified atom stereocenters. The van der Waals surface area contributed by atoms with Gasteiger partial charge in [0.15, 0.2) is 5.92 Å². The number of rotatable bonds is 4. The van der Waals surface area contributed by atoms with E-state index in [1.807, 2.05) is 0 Å². The van der Waals surface area contributed by atoms with E-state index in [4.69, 9.17) is 14.6 Å². The highest BCUT2D eigenvalue weighted by atomic mass is 16.4. The average molecular weight is 226 g/mol. The second kappa shape index (κ2) is 4.00. The van der Waals surface area contributed by atoms with Gasteiger partial charge in [0, 0.05) is 5.41 Å². The van der Waals surface area contributed by atoms with E-state index in [9.17, 15) is 9.59 Å². The molecule has 1 aromatic heterocycles. The Morgan fingerprint density at radius 2 is 1.75 bits per heavy atom. The molecule has 0 fully saturated rings. The molecule has 0 spiro atoms. The molecule has 0 saturated heterocycles. The second-order valence-corrected chi connectivity index (χ2v) is 4.24. The van der Waals surface area contributed by atoms with Crippen molar-refractivity contribution in [1.29, 1.82) is 0 Å². The van der Waals surface area contributed by atoms with Crippen LogP contribution < -0.4 is 0 Å². The highest BCUT2D eigenvalue weighted by molar-refractivity contribution is 5.94. The van der Waals surface area contributed by atoms with Crippen LogP contribution in [0, 0.1) is 12.8 Å². The van der Waals surface area contributed by atoms with Crippen molar-refractivity contribution < 1.29 is 24.2 Å². The molecule has 5 nitrogen and oxygen atoms in total. The molecule has 0 aliphatic carbocycles. The molecule has 1 rings (SSSR count). The fraction of sp³-hybridized carbons (Fsp3) is 0.455. The Labute approximate surface area is 92.7 Å². The van der Waals surface area contributed by atoms with E-state index in [0.717, 1.165) is 0 Å². The molecule has 16 heavy (non-hydrogen) atoms. The van der Waals surface area contributed by atoms with Crippen molar-refractivity contribution in [1.82, 2.24) is 0 Å². The van der Waals surface area contributed by atoms with Crippen molar-refractivity contribution >= 4 is 11.9 Å². The summed E-state index contributed by atoms with van der Waals surface area (Å²) < 4.78 is 5.30. The fourth-order valence-corrected chi connectivity index (χ4v) is 1.65. The van der Waals surface area contributed by atoms with Gasteiger partial charge in [-0.3, -0.25) is 9.59 Å². The van der Waals surface area contributed by atoms with Crippen LogP contribution in [-0.2, 0) is 15.0 Å². The first-order valence-corrected chi connectivity index (χ1v) is 4.79. The van der Waals surface area contributed by atoms with Crippen molar-refractivity contribution in [3.63, 3.8) is 0 Å². The summed E-state index contributed by atoms with van der Waals surface area (Å²) >= 11 is 0. The molecule has 0 aromatic carbocycles. The molecule has 0 amide bonds. The summed E-state index contributed by atoms with van der Waals surface area (Å²) in [7, 11) is 0. The van der Waals surface area contributed by atoms with Gasteiger partial charge in [0.25, 0.3) is 0 Å². The normalized spacial score (nSPS) is 11.8. The zero-order valence-electron chi connectivity index (χ0n) is 9.35. The largest absolute Gasteiger partial charge is 0.481 e. The number of hydrogen-bond acceptors (Lipinski definition) is 3.